The number of nitrogens with zero attached hydrogens (tertiary/aromatic N) is 1. The number of hydrogen-bond donors (Lipinski definition) is 14. The van der Waals surface area contributed by atoms with Crippen molar-refractivity contribution in [3.8, 4) is 0 Å². The number of carbonyl (C=O) groups excluding carboxylic acids is 14. The first kappa shape index (κ1) is 91.7. The van der Waals surface area contributed by atoms with Crippen molar-refractivity contribution in [3.05, 3.63) is 47.7 Å². The summed E-state index contributed by atoms with van der Waals surface area (Å²) in [7, 11) is 0. The summed E-state index contributed by atoms with van der Waals surface area (Å²) in [5.74, 6) is -14.7. The molecule has 13 amide bonds. The van der Waals surface area contributed by atoms with E-state index in [-0.39, 0.29) is 75.6 Å². The molecule has 0 bridgehead atoms. The maximum atomic E-state index is 15.1. The number of allylic oxidation sites excluding steroid dienone is 1. The Morgan fingerprint density at radius 3 is 1.74 bits per heavy atom. The monoisotopic (exact) mass is 1490 g/mol. The van der Waals surface area contributed by atoms with Crippen LogP contribution in [0.4, 0.5) is 0 Å². The minimum atomic E-state index is -1.83. The van der Waals surface area contributed by atoms with Crippen molar-refractivity contribution in [1.29, 1.82) is 0 Å². The average Bonchev–Trinajstić information content (AvgIpc) is 1.58. The molecule has 2 aliphatic heterocycles. The van der Waals surface area contributed by atoms with Crippen LogP contribution in [0.3, 0.4) is 0 Å². The van der Waals surface area contributed by atoms with Crippen LogP contribution < -0.4 is 69.5 Å². The zero-order valence-corrected chi connectivity index (χ0v) is 66.0. The lowest BCUT2D eigenvalue weighted by molar-refractivity contribution is -0.157. The molecule has 2 fully saturated rings. The van der Waals surface area contributed by atoms with Gasteiger partial charge in [0.2, 0.25) is 70.9 Å². The zero-order chi connectivity index (χ0) is 80.1. The van der Waals surface area contributed by atoms with Gasteiger partial charge < -0.3 is 84.3 Å². The number of carbonyl (C=O) groups is 14. The molecule has 0 unspecified atom stereocenters. The van der Waals surface area contributed by atoms with Crippen molar-refractivity contribution in [2.75, 3.05) is 13.1 Å². The first-order chi connectivity index (χ1) is 49.7. The van der Waals surface area contributed by atoms with Gasteiger partial charge in [0.1, 0.15) is 84.3 Å². The maximum absolute atomic E-state index is 15.1. The van der Waals surface area contributed by atoms with Gasteiger partial charge in [0.15, 0.2) is 0 Å². The summed E-state index contributed by atoms with van der Waals surface area (Å²) in [6, 6.07) is -7.64. The molecule has 2 heterocycles. The van der Waals surface area contributed by atoms with Gasteiger partial charge in [-0.1, -0.05) is 166 Å². The summed E-state index contributed by atoms with van der Waals surface area (Å²) in [4.78, 5) is 202. The second-order valence-electron chi connectivity index (χ2n) is 30.6. The van der Waals surface area contributed by atoms with Crippen molar-refractivity contribution in [2.24, 2.45) is 53.1 Å². The molecular formula is C76H126N14O16. The number of cyclic esters (lactones) is 1. The third kappa shape index (κ3) is 28.3. The van der Waals surface area contributed by atoms with Crippen molar-refractivity contribution < 1.29 is 77.0 Å². The number of nitrogens with two attached hydrogens (primary N) is 1. The Kier molecular flexibility index (Phi) is 38.5. The standard InChI is InChI=1S/C76H126N14O16/c1-20-45(16)60(72(101)89-63-48(19)106-76(105)59(44(14)15)85-64(93)50(22-3)78-66(95)53(38-49-30-24-23-25-31-49)81-69(98)57(42(10)11)83-71(100)61(46(17)21-2)87-74(63)103)86-65(94)51(32-27-35-77)79-68(97)54-33-28-36-90(54)75(104)58(43(12)13)84-67(96)52(37-40(6)7)80-73(102)62(47(18)91)88-70(99)56(41(8)9)82-55(92)34-26-29-39(4)5/h22-25,30-31,39-48,51-54,56-63,91H,20-21,26-29,32-38,77H2,1-19H3,(H,78,95)(H,79,97)(H,80,102)(H,81,98)(H,82,92)(H,83,100)(H,84,96)(H,85,93)(H,86,94)(H,87,103)(H,88,99)(H,89,101)/b50-22-/t45-,46-,47+,48+,51-,52-,53-,54+,56+,57+,58+,59-,60+,61+,62-,63+/m0/s1. The van der Waals surface area contributed by atoms with E-state index in [1.165, 1.54) is 31.7 Å². The molecule has 2 aliphatic rings. The molecule has 0 radical (unpaired) electrons. The topological polar surface area (TPSA) is 442 Å². The Morgan fingerprint density at radius 2 is 1.19 bits per heavy atom. The minimum absolute atomic E-state index is 0.0354. The van der Waals surface area contributed by atoms with E-state index >= 15 is 9.59 Å². The average molecular weight is 1490 g/mol. The molecule has 0 saturated carbocycles. The molecule has 30 heteroatoms. The van der Waals surface area contributed by atoms with E-state index in [1.807, 2.05) is 27.7 Å². The highest BCUT2D eigenvalue weighted by Gasteiger charge is 2.44. The summed E-state index contributed by atoms with van der Waals surface area (Å²) >= 11 is 0. The number of hydrogen-bond acceptors (Lipinski definition) is 17. The van der Waals surface area contributed by atoms with Crippen LogP contribution in [0.1, 0.15) is 201 Å². The Balaban J connectivity index is 2.01. The lowest BCUT2D eigenvalue weighted by Gasteiger charge is -2.33. The minimum Gasteiger partial charge on any atom is -0.458 e. The van der Waals surface area contributed by atoms with Crippen LogP contribution in [0.2, 0.25) is 0 Å². The fraction of sp³-hybridized carbons (Fsp3) is 0.711. The van der Waals surface area contributed by atoms with Crippen molar-refractivity contribution in [3.63, 3.8) is 0 Å². The normalized spacial score (nSPS) is 22.5. The summed E-state index contributed by atoms with van der Waals surface area (Å²) in [5.41, 5.74) is 6.35. The third-order valence-electron chi connectivity index (χ3n) is 19.4. The summed E-state index contributed by atoms with van der Waals surface area (Å²) in [6.45, 7) is 32.1. The van der Waals surface area contributed by atoms with Crippen LogP contribution in [0.15, 0.2) is 42.1 Å². The van der Waals surface area contributed by atoms with Crippen LogP contribution in [0, 0.1) is 47.3 Å². The SMILES string of the molecule is C/C=C1\NC(=O)[C@H](Cc2ccccc2)NC(=O)[C@@H](C(C)C)NC(=O)[C@@H]([C@@H](C)CC)NC(=O)[C@H](NC(=O)[C@H](NC(=O)[C@H](CCCN)NC(=O)[C@H]2CCCN2C(=O)[C@H](NC(=O)[C@H](CC(C)C)NC(=O)[C@@H](NC(=O)[C@H](NC(=O)CCCC(C)C)C(C)C)[C@@H](C)O)C(C)C)[C@@H](C)CC)[C@@H](C)OC(=O)[C@H](C(C)C)NC1=O. The molecule has 0 aromatic heterocycles. The van der Waals surface area contributed by atoms with Gasteiger partial charge in [-0.3, -0.25) is 62.3 Å². The van der Waals surface area contributed by atoms with Crippen LogP contribution in [-0.2, 0) is 78.3 Å². The highest BCUT2D eigenvalue weighted by atomic mass is 16.5. The van der Waals surface area contributed by atoms with E-state index in [0.717, 1.165) is 6.42 Å². The molecule has 30 nitrogen and oxygen atoms in total. The fourth-order valence-corrected chi connectivity index (χ4v) is 12.3. The van der Waals surface area contributed by atoms with E-state index < -0.39 is 197 Å². The number of ether oxygens (including phenoxy) is 1. The smallest absolute Gasteiger partial charge is 0.329 e. The van der Waals surface area contributed by atoms with Gasteiger partial charge in [-0.15, -0.1) is 0 Å². The quantitative estimate of drug-likeness (QED) is 0.0347. The van der Waals surface area contributed by atoms with Crippen molar-refractivity contribution >= 4 is 82.8 Å². The summed E-state index contributed by atoms with van der Waals surface area (Å²) in [6.07, 6.45) is 1.09. The third-order valence-corrected chi connectivity index (χ3v) is 19.4. The second kappa shape index (κ2) is 44.6. The molecule has 1 aromatic rings. The number of amides is 13. The highest BCUT2D eigenvalue weighted by molar-refractivity contribution is 6.03. The van der Waals surface area contributed by atoms with Gasteiger partial charge in [0.05, 0.1) is 6.10 Å². The number of likely N-dealkylation sites (tertiary alicyclic amines) is 1. The largest absolute Gasteiger partial charge is 0.458 e. The highest BCUT2D eigenvalue weighted by Crippen LogP contribution is 2.23. The number of aliphatic hydroxyl groups is 1. The van der Waals surface area contributed by atoms with Gasteiger partial charge in [-0.2, -0.15) is 0 Å². The zero-order valence-electron chi connectivity index (χ0n) is 66.0. The molecule has 1 aromatic carbocycles. The van der Waals surface area contributed by atoms with Crippen LogP contribution >= 0.6 is 0 Å². The first-order valence-corrected chi connectivity index (χ1v) is 38.0. The second-order valence-corrected chi connectivity index (χ2v) is 30.6. The van der Waals surface area contributed by atoms with Gasteiger partial charge in [-0.25, -0.2) is 4.79 Å². The van der Waals surface area contributed by atoms with E-state index in [0.29, 0.717) is 30.7 Å². The molecule has 0 aliphatic carbocycles. The Bertz CT molecular complexity index is 3180. The van der Waals surface area contributed by atoms with Crippen LogP contribution in [0.5, 0.6) is 0 Å². The van der Waals surface area contributed by atoms with E-state index in [2.05, 4.69) is 63.8 Å². The first-order valence-electron chi connectivity index (χ1n) is 38.0. The van der Waals surface area contributed by atoms with E-state index in [4.69, 9.17) is 10.5 Å². The van der Waals surface area contributed by atoms with Gasteiger partial charge >= 0.3 is 5.97 Å². The van der Waals surface area contributed by atoms with Gasteiger partial charge in [-0.05, 0) is 119 Å². The Labute approximate surface area is 626 Å². The molecule has 2 saturated heterocycles. The molecule has 16 atom stereocenters. The predicted molar refractivity (Wildman–Crippen MR) is 400 cm³/mol. The lowest BCUT2D eigenvalue weighted by atomic mass is 9.95. The predicted octanol–water partition coefficient (Wildman–Crippen LogP) is 2.23. The number of aliphatic hydroxyl groups excluding tert-OH is 1. The number of esters is 1. The van der Waals surface area contributed by atoms with Crippen molar-refractivity contribution in [2.45, 2.75) is 287 Å². The lowest BCUT2D eigenvalue weighted by Crippen LogP contribution is -2.64. The maximum Gasteiger partial charge on any atom is 0.329 e. The molecule has 0 spiro atoms. The molecule has 3 rings (SSSR count). The van der Waals surface area contributed by atoms with E-state index in [1.54, 1.807) is 113 Å². The molecular weight excluding hydrogens is 1360 g/mol. The van der Waals surface area contributed by atoms with Gasteiger partial charge in [0, 0.05) is 19.4 Å². The number of nitrogens with one attached hydrogen (secondary N) is 12. The van der Waals surface area contributed by atoms with Crippen molar-refractivity contribution in [1.82, 2.24) is 68.7 Å². The van der Waals surface area contributed by atoms with Gasteiger partial charge in [0.25, 0.3) is 5.91 Å². The fourth-order valence-electron chi connectivity index (χ4n) is 12.3. The molecule has 596 valence electrons. The van der Waals surface area contributed by atoms with Crippen LogP contribution in [0.25, 0.3) is 0 Å². The molecule has 106 heavy (non-hydrogen) atoms. The molecule has 15 N–H and O–H groups in total. The Morgan fingerprint density at radius 1 is 0.613 bits per heavy atom. The summed E-state index contributed by atoms with van der Waals surface area (Å²) < 4.78 is 5.97. The Hall–Kier alpha value is -8.54. The number of benzene rings is 1. The summed E-state index contributed by atoms with van der Waals surface area (Å²) in [5, 5.41) is 43.3. The number of rotatable bonds is 34. The van der Waals surface area contributed by atoms with Crippen LogP contribution in [-0.4, -0.2) is 191 Å². The van der Waals surface area contributed by atoms with E-state index in [9.17, 15) is 62.6 Å².